The first kappa shape index (κ1) is 21.6. The van der Waals surface area contributed by atoms with E-state index < -0.39 is 0 Å². The fourth-order valence-electron chi connectivity index (χ4n) is 4.04. The van der Waals surface area contributed by atoms with Crippen LogP contribution in [0.2, 0.25) is 5.02 Å². The molecular formula is C25H28ClN3O2. The summed E-state index contributed by atoms with van der Waals surface area (Å²) in [5.41, 5.74) is 4.42. The number of nitrogens with zero attached hydrogens (tertiary/aromatic N) is 2. The number of ether oxygens (including phenoxy) is 1. The summed E-state index contributed by atoms with van der Waals surface area (Å²) in [7, 11) is 0. The minimum absolute atomic E-state index is 0.144. The first-order chi connectivity index (χ1) is 15.1. The highest BCUT2D eigenvalue weighted by Crippen LogP contribution is 2.28. The quantitative estimate of drug-likeness (QED) is 0.560. The van der Waals surface area contributed by atoms with Crippen LogP contribution in [0.15, 0.2) is 60.7 Å². The van der Waals surface area contributed by atoms with Gasteiger partial charge >= 0.3 is 0 Å². The molecule has 0 unspecified atom stereocenters. The zero-order valence-corrected chi connectivity index (χ0v) is 18.6. The summed E-state index contributed by atoms with van der Waals surface area (Å²) in [5.74, 6) is -0.144. The van der Waals surface area contributed by atoms with Crippen LogP contribution < -0.4 is 5.32 Å². The second-order valence-electron chi connectivity index (χ2n) is 7.79. The molecule has 1 amide bonds. The molecule has 0 spiro atoms. The molecule has 2 aromatic carbocycles. The second-order valence-corrected chi connectivity index (χ2v) is 8.20. The molecule has 0 saturated carbocycles. The third kappa shape index (κ3) is 5.18. The SMILES string of the molecule is Cc1c(C(=O)Nc2ccccc2Cl)cc(-c2ccccc2)n1CCCN1CCOCC1. The molecule has 162 valence electrons. The molecule has 0 aliphatic carbocycles. The van der Waals surface area contributed by atoms with Crippen molar-refractivity contribution in [3.8, 4) is 11.3 Å². The zero-order valence-electron chi connectivity index (χ0n) is 17.8. The number of rotatable bonds is 7. The number of para-hydroxylation sites is 1. The first-order valence-corrected chi connectivity index (χ1v) is 11.1. The Hall–Kier alpha value is -2.60. The third-order valence-corrected chi connectivity index (χ3v) is 6.09. The molecule has 6 heteroatoms. The van der Waals surface area contributed by atoms with Crippen molar-refractivity contribution in [2.24, 2.45) is 0 Å². The number of morpholine rings is 1. The minimum Gasteiger partial charge on any atom is -0.379 e. The van der Waals surface area contributed by atoms with E-state index in [1.165, 1.54) is 0 Å². The fourth-order valence-corrected chi connectivity index (χ4v) is 4.22. The molecule has 3 aromatic rings. The largest absolute Gasteiger partial charge is 0.379 e. The van der Waals surface area contributed by atoms with Gasteiger partial charge < -0.3 is 14.6 Å². The Bertz CT molecular complexity index is 1030. The van der Waals surface area contributed by atoms with Gasteiger partial charge in [-0.2, -0.15) is 0 Å². The number of hydrogen-bond donors (Lipinski definition) is 1. The Balaban J connectivity index is 1.57. The van der Waals surface area contributed by atoms with Crippen molar-refractivity contribution in [2.75, 3.05) is 38.2 Å². The molecule has 1 aliphatic heterocycles. The van der Waals surface area contributed by atoms with Crippen molar-refractivity contribution >= 4 is 23.2 Å². The Morgan fingerprint density at radius 1 is 1.03 bits per heavy atom. The van der Waals surface area contributed by atoms with E-state index in [-0.39, 0.29) is 5.91 Å². The summed E-state index contributed by atoms with van der Waals surface area (Å²) in [6.45, 7) is 7.49. The molecule has 1 fully saturated rings. The van der Waals surface area contributed by atoms with Crippen molar-refractivity contribution in [1.82, 2.24) is 9.47 Å². The second kappa shape index (κ2) is 10.1. The van der Waals surface area contributed by atoms with Crippen LogP contribution >= 0.6 is 11.6 Å². The van der Waals surface area contributed by atoms with E-state index in [4.69, 9.17) is 16.3 Å². The van der Waals surface area contributed by atoms with Crippen molar-refractivity contribution in [1.29, 1.82) is 0 Å². The Morgan fingerprint density at radius 3 is 2.48 bits per heavy atom. The van der Waals surface area contributed by atoms with Crippen molar-refractivity contribution in [3.63, 3.8) is 0 Å². The lowest BCUT2D eigenvalue weighted by atomic mass is 10.1. The average molecular weight is 438 g/mol. The Morgan fingerprint density at radius 2 is 1.74 bits per heavy atom. The maximum absolute atomic E-state index is 13.1. The standard InChI is InChI=1S/C25H28ClN3O2/c1-19-21(25(30)27-23-11-6-5-10-22(23)26)18-24(20-8-3-2-4-9-20)29(19)13-7-12-28-14-16-31-17-15-28/h2-6,8-11,18H,7,12-17H2,1H3,(H,27,30). The smallest absolute Gasteiger partial charge is 0.257 e. The van der Waals surface area contributed by atoms with E-state index in [0.29, 0.717) is 16.3 Å². The van der Waals surface area contributed by atoms with Crippen molar-refractivity contribution in [3.05, 3.63) is 76.9 Å². The van der Waals surface area contributed by atoms with Crippen molar-refractivity contribution in [2.45, 2.75) is 19.9 Å². The van der Waals surface area contributed by atoms with Gasteiger partial charge in [0.15, 0.2) is 0 Å². The van der Waals surface area contributed by atoms with E-state index in [0.717, 1.165) is 62.8 Å². The Kier molecular flexibility index (Phi) is 7.07. The summed E-state index contributed by atoms with van der Waals surface area (Å²) in [5, 5.41) is 3.49. The fraction of sp³-hybridized carbons (Fsp3) is 0.320. The van der Waals surface area contributed by atoms with Crippen LogP contribution in [0, 0.1) is 6.92 Å². The van der Waals surface area contributed by atoms with Crippen LogP contribution in [0.1, 0.15) is 22.5 Å². The van der Waals surface area contributed by atoms with E-state index in [9.17, 15) is 4.79 Å². The van der Waals surface area contributed by atoms with Gasteiger partial charge in [0.1, 0.15) is 0 Å². The lowest BCUT2D eigenvalue weighted by Gasteiger charge is -2.26. The van der Waals surface area contributed by atoms with Gasteiger partial charge in [0, 0.05) is 37.6 Å². The van der Waals surface area contributed by atoms with Crippen LogP contribution in [0.3, 0.4) is 0 Å². The molecule has 0 atom stereocenters. The molecule has 1 saturated heterocycles. The highest BCUT2D eigenvalue weighted by atomic mass is 35.5. The minimum atomic E-state index is -0.144. The Labute approximate surface area is 188 Å². The first-order valence-electron chi connectivity index (χ1n) is 10.7. The number of amides is 1. The highest BCUT2D eigenvalue weighted by molar-refractivity contribution is 6.33. The summed E-state index contributed by atoms with van der Waals surface area (Å²) < 4.78 is 7.71. The summed E-state index contributed by atoms with van der Waals surface area (Å²) in [6, 6.07) is 19.5. The van der Waals surface area contributed by atoms with E-state index in [2.05, 4.69) is 26.9 Å². The van der Waals surface area contributed by atoms with Gasteiger partial charge in [0.25, 0.3) is 5.91 Å². The number of anilines is 1. The lowest BCUT2D eigenvalue weighted by Crippen LogP contribution is -2.37. The lowest BCUT2D eigenvalue weighted by molar-refractivity contribution is 0.0369. The van der Waals surface area contributed by atoms with Gasteiger partial charge in [-0.15, -0.1) is 0 Å². The van der Waals surface area contributed by atoms with E-state index in [1.54, 1.807) is 6.07 Å². The number of nitrogens with one attached hydrogen (secondary N) is 1. The van der Waals surface area contributed by atoms with Crippen LogP contribution in [-0.4, -0.2) is 48.2 Å². The van der Waals surface area contributed by atoms with E-state index in [1.807, 2.05) is 49.4 Å². The summed E-state index contributed by atoms with van der Waals surface area (Å²) >= 11 is 6.24. The maximum Gasteiger partial charge on any atom is 0.257 e. The molecular weight excluding hydrogens is 410 g/mol. The molecule has 0 radical (unpaired) electrons. The van der Waals surface area contributed by atoms with Gasteiger partial charge in [-0.05, 0) is 37.1 Å². The van der Waals surface area contributed by atoms with E-state index >= 15 is 0 Å². The number of aromatic nitrogens is 1. The molecule has 1 aliphatic rings. The number of benzene rings is 2. The van der Waals surface area contributed by atoms with Gasteiger partial charge in [0.2, 0.25) is 0 Å². The predicted molar refractivity (Wildman–Crippen MR) is 126 cm³/mol. The van der Waals surface area contributed by atoms with Crippen molar-refractivity contribution < 1.29 is 9.53 Å². The monoisotopic (exact) mass is 437 g/mol. The molecule has 4 rings (SSSR count). The van der Waals surface area contributed by atoms with Gasteiger partial charge in [-0.25, -0.2) is 0 Å². The van der Waals surface area contributed by atoms with Gasteiger partial charge in [0.05, 0.1) is 29.5 Å². The molecule has 5 nitrogen and oxygen atoms in total. The molecule has 1 aromatic heterocycles. The van der Waals surface area contributed by atoms with Crippen LogP contribution in [0.25, 0.3) is 11.3 Å². The predicted octanol–water partition coefficient (Wildman–Crippen LogP) is 5.09. The van der Waals surface area contributed by atoms with Gasteiger partial charge in [-0.3, -0.25) is 9.69 Å². The topological polar surface area (TPSA) is 46.5 Å². The average Bonchev–Trinajstić information content (AvgIpc) is 3.13. The number of hydrogen-bond acceptors (Lipinski definition) is 3. The third-order valence-electron chi connectivity index (χ3n) is 5.76. The number of carbonyl (C=O) groups is 1. The summed E-state index contributed by atoms with van der Waals surface area (Å²) in [6.07, 6.45) is 1.01. The normalized spacial score (nSPS) is 14.5. The highest BCUT2D eigenvalue weighted by Gasteiger charge is 2.19. The van der Waals surface area contributed by atoms with Crippen LogP contribution in [0.5, 0.6) is 0 Å². The summed E-state index contributed by atoms with van der Waals surface area (Å²) in [4.78, 5) is 15.5. The van der Waals surface area contributed by atoms with Crippen LogP contribution in [0.4, 0.5) is 5.69 Å². The van der Waals surface area contributed by atoms with Crippen LogP contribution in [-0.2, 0) is 11.3 Å². The molecule has 1 N–H and O–H groups in total. The molecule has 2 heterocycles. The number of carbonyl (C=O) groups excluding carboxylic acids is 1. The number of halogens is 1. The molecule has 31 heavy (non-hydrogen) atoms. The zero-order chi connectivity index (χ0) is 21.6. The maximum atomic E-state index is 13.1. The van der Waals surface area contributed by atoms with Gasteiger partial charge in [-0.1, -0.05) is 54.1 Å². The molecule has 0 bridgehead atoms.